The first-order valence-electron chi connectivity index (χ1n) is 4.66. The summed E-state index contributed by atoms with van der Waals surface area (Å²) in [6.07, 6.45) is 1.45. The van der Waals surface area contributed by atoms with Crippen LogP contribution < -0.4 is 4.74 Å². The van der Waals surface area contributed by atoms with Crippen LogP contribution in [0.1, 0.15) is 5.56 Å². The number of benzene rings is 1. The highest BCUT2D eigenvalue weighted by Gasteiger charge is 2.09. The fourth-order valence-corrected chi connectivity index (χ4v) is 1.74. The number of hydrogen-bond donors (Lipinski definition) is 0. The maximum Gasteiger partial charge on any atom is 0.348 e. The van der Waals surface area contributed by atoms with Gasteiger partial charge in [-0.3, -0.25) is 0 Å². The Kier molecular flexibility index (Phi) is 4.73. The van der Waals surface area contributed by atoms with E-state index in [0.29, 0.717) is 11.3 Å². The molecule has 0 heterocycles. The Morgan fingerprint density at radius 3 is 2.65 bits per heavy atom. The van der Waals surface area contributed by atoms with Gasteiger partial charge in [-0.05, 0) is 39.7 Å². The van der Waals surface area contributed by atoms with Crippen molar-refractivity contribution in [3.63, 3.8) is 0 Å². The van der Waals surface area contributed by atoms with Crippen LogP contribution in [0.4, 0.5) is 0 Å². The first-order chi connectivity index (χ1) is 8.12. The van der Waals surface area contributed by atoms with E-state index in [1.165, 1.54) is 13.2 Å². The second kappa shape index (κ2) is 6.06. The summed E-state index contributed by atoms with van der Waals surface area (Å²) in [7, 11) is 2.79. The Labute approximate surface area is 108 Å². The SMILES string of the molecule is COC(=O)/C(C#N)=C\c1ccc(OC)c(Br)c1. The monoisotopic (exact) mass is 295 g/mol. The molecule has 0 saturated carbocycles. The van der Waals surface area contributed by atoms with Gasteiger partial charge in [0.2, 0.25) is 0 Å². The molecule has 5 heteroatoms. The zero-order valence-electron chi connectivity index (χ0n) is 9.36. The molecule has 0 aliphatic carbocycles. The first-order valence-corrected chi connectivity index (χ1v) is 5.45. The van der Waals surface area contributed by atoms with E-state index in [9.17, 15) is 4.79 Å². The molecule has 88 valence electrons. The predicted octanol–water partition coefficient (Wildman–Crippen LogP) is 2.54. The van der Waals surface area contributed by atoms with Gasteiger partial charge in [-0.15, -0.1) is 0 Å². The van der Waals surface area contributed by atoms with Gasteiger partial charge in [-0.2, -0.15) is 5.26 Å². The minimum atomic E-state index is -0.653. The number of rotatable bonds is 3. The Morgan fingerprint density at radius 1 is 1.47 bits per heavy atom. The normalized spacial score (nSPS) is 10.6. The molecular formula is C12H10BrNO3. The van der Waals surface area contributed by atoms with Crippen LogP contribution in [0.25, 0.3) is 6.08 Å². The summed E-state index contributed by atoms with van der Waals surface area (Å²) >= 11 is 3.32. The molecule has 0 saturated heterocycles. The molecule has 0 aromatic heterocycles. The van der Waals surface area contributed by atoms with Crippen LogP contribution in [0.3, 0.4) is 0 Å². The fraction of sp³-hybridized carbons (Fsp3) is 0.167. The van der Waals surface area contributed by atoms with Gasteiger partial charge in [-0.25, -0.2) is 4.79 Å². The van der Waals surface area contributed by atoms with Gasteiger partial charge >= 0.3 is 5.97 Å². The summed E-state index contributed by atoms with van der Waals surface area (Å²) in [5.41, 5.74) is 0.657. The van der Waals surface area contributed by atoms with Crippen molar-refractivity contribution in [3.05, 3.63) is 33.8 Å². The van der Waals surface area contributed by atoms with Crippen LogP contribution in [-0.2, 0) is 9.53 Å². The summed E-state index contributed by atoms with van der Waals surface area (Å²) in [6, 6.07) is 7.02. The zero-order chi connectivity index (χ0) is 12.8. The van der Waals surface area contributed by atoms with Crippen molar-refractivity contribution in [1.29, 1.82) is 5.26 Å². The summed E-state index contributed by atoms with van der Waals surface area (Å²) in [6.45, 7) is 0. The molecule has 0 spiro atoms. The molecule has 17 heavy (non-hydrogen) atoms. The number of ether oxygens (including phenoxy) is 2. The van der Waals surface area contributed by atoms with Crippen LogP contribution in [0.15, 0.2) is 28.2 Å². The summed E-state index contributed by atoms with van der Waals surface area (Å²) in [4.78, 5) is 11.2. The number of hydrogen-bond acceptors (Lipinski definition) is 4. The minimum Gasteiger partial charge on any atom is -0.496 e. The molecule has 0 unspecified atom stereocenters. The van der Waals surface area contributed by atoms with Crippen LogP contribution in [0.5, 0.6) is 5.75 Å². The van der Waals surface area contributed by atoms with Crippen molar-refractivity contribution >= 4 is 28.0 Å². The predicted molar refractivity (Wildman–Crippen MR) is 66.3 cm³/mol. The van der Waals surface area contributed by atoms with Crippen molar-refractivity contribution in [2.75, 3.05) is 14.2 Å². The van der Waals surface area contributed by atoms with Crippen molar-refractivity contribution in [2.45, 2.75) is 0 Å². The molecule has 0 bridgehead atoms. The molecule has 4 nitrogen and oxygen atoms in total. The number of carbonyl (C=O) groups excluding carboxylic acids is 1. The summed E-state index contributed by atoms with van der Waals surface area (Å²) in [5, 5.41) is 8.80. The van der Waals surface area contributed by atoms with E-state index < -0.39 is 5.97 Å². The zero-order valence-corrected chi connectivity index (χ0v) is 10.9. The van der Waals surface area contributed by atoms with Gasteiger partial charge in [0.05, 0.1) is 18.7 Å². The number of halogens is 1. The first kappa shape index (κ1) is 13.3. The molecular weight excluding hydrogens is 286 g/mol. The third kappa shape index (κ3) is 3.33. The maximum absolute atomic E-state index is 11.2. The second-order valence-electron chi connectivity index (χ2n) is 3.06. The Bertz CT molecular complexity index is 503. The second-order valence-corrected chi connectivity index (χ2v) is 3.91. The Balaban J connectivity index is 3.10. The van der Waals surface area contributed by atoms with Gasteiger partial charge in [0, 0.05) is 0 Å². The van der Waals surface area contributed by atoms with Crippen molar-refractivity contribution in [2.24, 2.45) is 0 Å². The van der Waals surface area contributed by atoms with Gasteiger partial charge in [0.25, 0.3) is 0 Å². The molecule has 0 aliphatic heterocycles. The summed E-state index contributed by atoms with van der Waals surface area (Å²) in [5.74, 6) is 0.0261. The van der Waals surface area contributed by atoms with E-state index in [2.05, 4.69) is 20.7 Å². The third-order valence-corrected chi connectivity index (χ3v) is 2.63. The minimum absolute atomic E-state index is 0.0513. The summed E-state index contributed by atoms with van der Waals surface area (Å²) < 4.78 is 10.3. The highest BCUT2D eigenvalue weighted by atomic mass is 79.9. The molecule has 0 fully saturated rings. The molecule has 0 radical (unpaired) electrons. The molecule has 1 rings (SSSR count). The molecule has 1 aromatic rings. The van der Waals surface area contributed by atoms with Crippen molar-refractivity contribution in [3.8, 4) is 11.8 Å². The lowest BCUT2D eigenvalue weighted by atomic mass is 10.1. The van der Waals surface area contributed by atoms with E-state index in [4.69, 9.17) is 10.00 Å². The van der Waals surface area contributed by atoms with Gasteiger partial charge in [-0.1, -0.05) is 6.07 Å². The molecule has 0 aliphatic rings. The fourth-order valence-electron chi connectivity index (χ4n) is 1.19. The van der Waals surface area contributed by atoms with E-state index in [0.717, 1.165) is 4.47 Å². The number of nitrogens with zero attached hydrogens (tertiary/aromatic N) is 1. The largest absolute Gasteiger partial charge is 0.496 e. The lowest BCUT2D eigenvalue weighted by molar-refractivity contribution is -0.135. The average molecular weight is 296 g/mol. The number of nitriles is 1. The lowest BCUT2D eigenvalue weighted by Crippen LogP contribution is -2.02. The quantitative estimate of drug-likeness (QED) is 0.488. The smallest absolute Gasteiger partial charge is 0.348 e. The van der Waals surface area contributed by atoms with Gasteiger partial charge in [0.1, 0.15) is 17.4 Å². The third-order valence-electron chi connectivity index (χ3n) is 2.01. The van der Waals surface area contributed by atoms with E-state index in [-0.39, 0.29) is 5.57 Å². The number of carbonyl (C=O) groups is 1. The van der Waals surface area contributed by atoms with Crippen LogP contribution >= 0.6 is 15.9 Å². The highest BCUT2D eigenvalue weighted by molar-refractivity contribution is 9.10. The molecule has 0 N–H and O–H groups in total. The topological polar surface area (TPSA) is 59.3 Å². The molecule has 1 aromatic carbocycles. The van der Waals surface area contributed by atoms with Crippen LogP contribution in [-0.4, -0.2) is 20.2 Å². The lowest BCUT2D eigenvalue weighted by Gasteiger charge is -2.03. The molecule has 0 atom stereocenters. The molecule has 0 amide bonds. The van der Waals surface area contributed by atoms with Gasteiger partial charge in [0.15, 0.2) is 0 Å². The standard InChI is InChI=1S/C12H10BrNO3/c1-16-11-4-3-8(6-10(11)13)5-9(7-14)12(15)17-2/h3-6H,1-2H3/b9-5-. The highest BCUT2D eigenvalue weighted by Crippen LogP contribution is 2.26. The maximum atomic E-state index is 11.2. The van der Waals surface area contributed by atoms with Crippen molar-refractivity contribution in [1.82, 2.24) is 0 Å². The Morgan fingerprint density at radius 2 is 2.18 bits per heavy atom. The van der Waals surface area contributed by atoms with E-state index >= 15 is 0 Å². The van der Waals surface area contributed by atoms with Crippen molar-refractivity contribution < 1.29 is 14.3 Å². The van der Waals surface area contributed by atoms with Crippen LogP contribution in [0.2, 0.25) is 0 Å². The van der Waals surface area contributed by atoms with Crippen LogP contribution in [0, 0.1) is 11.3 Å². The van der Waals surface area contributed by atoms with Gasteiger partial charge < -0.3 is 9.47 Å². The Hall–Kier alpha value is -1.80. The number of methoxy groups -OCH3 is 2. The number of esters is 1. The van der Waals surface area contributed by atoms with E-state index in [1.807, 2.05) is 0 Å². The average Bonchev–Trinajstić information content (AvgIpc) is 2.35. The van der Waals surface area contributed by atoms with E-state index in [1.54, 1.807) is 31.4 Å².